The predicted octanol–water partition coefficient (Wildman–Crippen LogP) is 4.07. The van der Waals surface area contributed by atoms with Crippen LogP contribution in [0.25, 0.3) is 0 Å². The minimum atomic E-state index is -0.192. The third-order valence-electron chi connectivity index (χ3n) is 3.46. The predicted molar refractivity (Wildman–Crippen MR) is 101 cm³/mol. The van der Waals surface area contributed by atoms with Crippen LogP contribution < -0.4 is 10.6 Å². The lowest BCUT2D eigenvalue weighted by molar-refractivity contribution is 0.0938. The van der Waals surface area contributed by atoms with Crippen molar-refractivity contribution in [2.45, 2.75) is 26.3 Å². The molecule has 0 radical (unpaired) electrons. The Morgan fingerprint density at radius 3 is 2.35 bits per heavy atom. The molecule has 23 heavy (non-hydrogen) atoms. The number of carbonyl (C=O) groups is 2. The van der Waals surface area contributed by atoms with Crippen LogP contribution in [0, 0.1) is 3.57 Å². The molecule has 0 heterocycles. The van der Waals surface area contributed by atoms with E-state index >= 15 is 0 Å². The summed E-state index contributed by atoms with van der Waals surface area (Å²) < 4.78 is 0.997. The molecule has 0 aliphatic carbocycles. The van der Waals surface area contributed by atoms with Crippen LogP contribution in [0.15, 0.2) is 48.5 Å². The van der Waals surface area contributed by atoms with E-state index < -0.39 is 0 Å². The molecule has 0 aliphatic heterocycles. The van der Waals surface area contributed by atoms with Crippen molar-refractivity contribution in [1.29, 1.82) is 0 Å². The van der Waals surface area contributed by atoms with Gasteiger partial charge in [0.1, 0.15) is 0 Å². The molecule has 0 fully saturated rings. The molecule has 2 amide bonds. The maximum absolute atomic E-state index is 12.3. The van der Waals surface area contributed by atoms with E-state index in [-0.39, 0.29) is 17.9 Å². The second-order valence-corrected chi connectivity index (χ2v) is 6.57. The van der Waals surface area contributed by atoms with Gasteiger partial charge in [0.15, 0.2) is 0 Å². The number of carbonyl (C=O) groups excluding carboxylic acids is 2. The summed E-state index contributed by atoms with van der Waals surface area (Å²) in [5, 5.41) is 5.74. The van der Waals surface area contributed by atoms with Gasteiger partial charge in [0.05, 0.1) is 0 Å². The van der Waals surface area contributed by atoms with Crippen molar-refractivity contribution in [2.75, 3.05) is 5.32 Å². The summed E-state index contributed by atoms with van der Waals surface area (Å²) in [7, 11) is 0. The van der Waals surface area contributed by atoms with E-state index in [1.165, 1.54) is 0 Å². The fourth-order valence-corrected chi connectivity index (χ4v) is 2.52. The minimum absolute atomic E-state index is 0.118. The van der Waals surface area contributed by atoms with E-state index in [0.29, 0.717) is 16.8 Å². The zero-order valence-corrected chi connectivity index (χ0v) is 15.3. The maximum Gasteiger partial charge on any atom is 0.255 e. The van der Waals surface area contributed by atoms with Crippen molar-refractivity contribution in [3.05, 3.63) is 63.2 Å². The number of amides is 2. The zero-order chi connectivity index (χ0) is 16.8. The largest absolute Gasteiger partial charge is 0.350 e. The van der Waals surface area contributed by atoms with E-state index in [0.717, 1.165) is 9.99 Å². The lowest BCUT2D eigenvalue weighted by Crippen LogP contribution is -2.31. The van der Waals surface area contributed by atoms with Crippen molar-refractivity contribution in [3.63, 3.8) is 0 Å². The highest BCUT2D eigenvalue weighted by Crippen LogP contribution is 2.14. The molecule has 0 spiro atoms. The van der Waals surface area contributed by atoms with Gasteiger partial charge in [-0.2, -0.15) is 0 Å². The highest BCUT2D eigenvalue weighted by atomic mass is 127. The molecule has 2 aromatic rings. The van der Waals surface area contributed by atoms with Crippen molar-refractivity contribution in [1.82, 2.24) is 5.32 Å². The van der Waals surface area contributed by atoms with Crippen LogP contribution in [0.3, 0.4) is 0 Å². The van der Waals surface area contributed by atoms with Crippen LogP contribution in [0.4, 0.5) is 5.69 Å². The Labute approximate surface area is 149 Å². The Kier molecular flexibility index (Phi) is 6.15. The van der Waals surface area contributed by atoms with Gasteiger partial charge in [-0.15, -0.1) is 0 Å². The van der Waals surface area contributed by atoms with E-state index in [4.69, 9.17) is 0 Å². The van der Waals surface area contributed by atoms with Gasteiger partial charge in [0.25, 0.3) is 11.8 Å². The number of hydrogen-bond acceptors (Lipinski definition) is 2. The molecule has 120 valence electrons. The fourth-order valence-electron chi connectivity index (χ4n) is 1.98. The average Bonchev–Trinajstić information content (AvgIpc) is 2.54. The molecule has 1 unspecified atom stereocenters. The molecule has 5 heteroatoms. The van der Waals surface area contributed by atoms with Crippen molar-refractivity contribution >= 4 is 40.1 Å². The van der Waals surface area contributed by atoms with Crippen molar-refractivity contribution < 1.29 is 9.59 Å². The molecule has 0 saturated carbocycles. The third-order valence-corrected chi connectivity index (χ3v) is 4.13. The lowest BCUT2D eigenvalue weighted by Gasteiger charge is -2.12. The first-order valence-electron chi connectivity index (χ1n) is 7.47. The molecule has 1 atom stereocenters. The standard InChI is InChI=1S/C18H19IN2O2/c1-3-12(2)20-17(22)14-7-5-9-16(11-14)21-18(23)13-6-4-8-15(19)10-13/h4-12H,3H2,1-2H3,(H,20,22)(H,21,23). The van der Waals surface area contributed by atoms with Gasteiger partial charge in [-0.1, -0.05) is 19.1 Å². The summed E-state index contributed by atoms with van der Waals surface area (Å²) in [5.41, 5.74) is 1.72. The molecular formula is C18H19IN2O2. The number of benzene rings is 2. The van der Waals surface area contributed by atoms with Crippen LogP contribution in [-0.4, -0.2) is 17.9 Å². The van der Waals surface area contributed by atoms with E-state index in [1.54, 1.807) is 30.3 Å². The van der Waals surface area contributed by atoms with Gasteiger partial charge >= 0.3 is 0 Å². The Balaban J connectivity index is 2.11. The molecular weight excluding hydrogens is 403 g/mol. The first-order valence-corrected chi connectivity index (χ1v) is 8.55. The summed E-state index contributed by atoms with van der Waals surface area (Å²) in [4.78, 5) is 24.4. The smallest absolute Gasteiger partial charge is 0.255 e. The maximum atomic E-state index is 12.3. The minimum Gasteiger partial charge on any atom is -0.350 e. The summed E-state index contributed by atoms with van der Waals surface area (Å²) >= 11 is 2.17. The summed E-state index contributed by atoms with van der Waals surface area (Å²) in [6.45, 7) is 3.98. The quantitative estimate of drug-likeness (QED) is 0.714. The van der Waals surface area contributed by atoms with Gasteiger partial charge in [-0.3, -0.25) is 9.59 Å². The number of anilines is 1. The van der Waals surface area contributed by atoms with Gasteiger partial charge in [-0.25, -0.2) is 0 Å². The van der Waals surface area contributed by atoms with Crippen molar-refractivity contribution in [3.8, 4) is 0 Å². The second kappa shape index (κ2) is 8.10. The summed E-state index contributed by atoms with van der Waals surface area (Å²) in [6, 6.07) is 14.4. The van der Waals surface area contributed by atoms with E-state index in [1.807, 2.05) is 32.0 Å². The van der Waals surface area contributed by atoms with E-state index in [9.17, 15) is 9.59 Å². The lowest BCUT2D eigenvalue weighted by atomic mass is 10.1. The Morgan fingerprint density at radius 1 is 1.04 bits per heavy atom. The molecule has 4 nitrogen and oxygen atoms in total. The number of halogens is 1. The van der Waals surface area contributed by atoms with E-state index in [2.05, 4.69) is 33.2 Å². The highest BCUT2D eigenvalue weighted by molar-refractivity contribution is 14.1. The molecule has 2 aromatic carbocycles. The third kappa shape index (κ3) is 5.06. The zero-order valence-electron chi connectivity index (χ0n) is 13.1. The van der Waals surface area contributed by atoms with Crippen LogP contribution >= 0.6 is 22.6 Å². The van der Waals surface area contributed by atoms with Crippen LogP contribution in [-0.2, 0) is 0 Å². The Bertz CT molecular complexity index is 716. The number of nitrogens with one attached hydrogen (secondary N) is 2. The topological polar surface area (TPSA) is 58.2 Å². The summed E-state index contributed by atoms with van der Waals surface area (Å²) in [5.74, 6) is -0.326. The molecule has 2 N–H and O–H groups in total. The molecule has 2 rings (SSSR count). The normalized spacial score (nSPS) is 11.6. The molecule has 0 saturated heterocycles. The Morgan fingerprint density at radius 2 is 1.70 bits per heavy atom. The summed E-state index contributed by atoms with van der Waals surface area (Å²) in [6.07, 6.45) is 0.870. The fraction of sp³-hybridized carbons (Fsp3) is 0.222. The van der Waals surface area contributed by atoms with Crippen LogP contribution in [0.2, 0.25) is 0 Å². The van der Waals surface area contributed by atoms with Gasteiger partial charge in [0.2, 0.25) is 0 Å². The SMILES string of the molecule is CCC(C)NC(=O)c1cccc(NC(=O)c2cccc(I)c2)c1. The van der Waals surface area contributed by atoms with Gasteiger partial charge < -0.3 is 10.6 Å². The number of hydrogen-bond donors (Lipinski definition) is 2. The highest BCUT2D eigenvalue weighted by Gasteiger charge is 2.11. The monoisotopic (exact) mass is 422 g/mol. The Hall–Kier alpha value is -1.89. The van der Waals surface area contributed by atoms with Crippen molar-refractivity contribution in [2.24, 2.45) is 0 Å². The average molecular weight is 422 g/mol. The van der Waals surface area contributed by atoms with Gasteiger partial charge in [0, 0.05) is 26.4 Å². The van der Waals surface area contributed by atoms with Gasteiger partial charge in [-0.05, 0) is 72.3 Å². The first kappa shape index (κ1) is 17.5. The molecule has 0 aromatic heterocycles. The molecule has 0 aliphatic rings. The van der Waals surface area contributed by atoms with Crippen LogP contribution in [0.1, 0.15) is 41.0 Å². The van der Waals surface area contributed by atoms with Crippen LogP contribution in [0.5, 0.6) is 0 Å². The molecule has 0 bridgehead atoms. The second-order valence-electron chi connectivity index (χ2n) is 5.33. The number of rotatable bonds is 5. The first-order chi connectivity index (χ1) is 11.0.